The van der Waals surface area contributed by atoms with Crippen LogP contribution in [0.2, 0.25) is 0 Å². The van der Waals surface area contributed by atoms with Crippen molar-refractivity contribution < 1.29 is 9.13 Å². The van der Waals surface area contributed by atoms with Gasteiger partial charge in [0.1, 0.15) is 0 Å². The molecule has 1 aromatic carbocycles. The van der Waals surface area contributed by atoms with Gasteiger partial charge in [0.25, 0.3) is 0 Å². The van der Waals surface area contributed by atoms with Crippen molar-refractivity contribution in [1.82, 2.24) is 0 Å². The Morgan fingerprint density at radius 3 is 2.62 bits per heavy atom. The largest absolute Gasteiger partial charge is 0.397 e. The predicted octanol–water partition coefficient (Wildman–Crippen LogP) is 1.58. The lowest BCUT2D eigenvalue weighted by molar-refractivity contribution is 0.0904. The van der Waals surface area contributed by atoms with Gasteiger partial charge in [0.2, 0.25) is 0 Å². The summed E-state index contributed by atoms with van der Waals surface area (Å²) >= 11 is 0. The maximum absolute atomic E-state index is 13.7. The molecule has 0 amide bonds. The average molecular weight is 225 g/mol. The highest BCUT2D eigenvalue weighted by molar-refractivity contribution is 5.70. The van der Waals surface area contributed by atoms with Crippen molar-refractivity contribution in [2.75, 3.05) is 30.0 Å². The Labute approximate surface area is 93.8 Å². The molecule has 1 saturated heterocycles. The van der Waals surface area contributed by atoms with Gasteiger partial charge in [-0.3, -0.25) is 0 Å². The van der Waals surface area contributed by atoms with Gasteiger partial charge in [0.15, 0.2) is 5.82 Å². The second-order valence-corrected chi connectivity index (χ2v) is 3.96. The van der Waals surface area contributed by atoms with Gasteiger partial charge in [0.05, 0.1) is 17.1 Å². The highest BCUT2D eigenvalue weighted by Crippen LogP contribution is 2.27. The smallest absolute Gasteiger partial charge is 0.171 e. The Morgan fingerprint density at radius 1 is 1.25 bits per heavy atom. The van der Waals surface area contributed by atoms with Gasteiger partial charge in [-0.1, -0.05) is 0 Å². The molecule has 1 aromatic rings. The topological polar surface area (TPSA) is 73.3 Å². The van der Waals surface area contributed by atoms with Crippen LogP contribution in [0.3, 0.4) is 0 Å². The minimum atomic E-state index is -0.466. The lowest BCUT2D eigenvalue weighted by Gasteiger charge is -2.24. The molecule has 5 N–H and O–H groups in total. The molecule has 1 aliphatic rings. The van der Waals surface area contributed by atoms with Crippen LogP contribution < -0.4 is 16.8 Å². The van der Waals surface area contributed by atoms with Crippen molar-refractivity contribution >= 4 is 17.1 Å². The quantitative estimate of drug-likeness (QED) is 0.668. The maximum Gasteiger partial charge on any atom is 0.171 e. The normalized spacial score (nSPS) is 17.3. The molecule has 0 aliphatic carbocycles. The van der Waals surface area contributed by atoms with Crippen LogP contribution in [0.4, 0.5) is 21.5 Å². The molecular formula is C11H16FN3O. The molecule has 1 heterocycles. The molecule has 1 fully saturated rings. The van der Waals surface area contributed by atoms with Crippen molar-refractivity contribution in [2.24, 2.45) is 0 Å². The van der Waals surface area contributed by atoms with E-state index in [0.717, 1.165) is 12.8 Å². The van der Waals surface area contributed by atoms with Crippen molar-refractivity contribution in [2.45, 2.75) is 18.9 Å². The molecule has 5 heteroatoms. The Kier molecular flexibility index (Phi) is 3.14. The fourth-order valence-electron chi connectivity index (χ4n) is 1.78. The fourth-order valence-corrected chi connectivity index (χ4v) is 1.78. The molecule has 0 atom stereocenters. The van der Waals surface area contributed by atoms with Crippen LogP contribution in [-0.4, -0.2) is 19.3 Å². The summed E-state index contributed by atoms with van der Waals surface area (Å²) in [6.45, 7) is 1.42. The Bertz CT molecular complexity index is 378. The van der Waals surface area contributed by atoms with Crippen LogP contribution in [0.15, 0.2) is 12.1 Å². The number of benzene rings is 1. The number of hydrogen-bond donors (Lipinski definition) is 3. The number of anilines is 3. The summed E-state index contributed by atoms with van der Waals surface area (Å²) < 4.78 is 19.0. The minimum absolute atomic E-state index is 0.0112. The van der Waals surface area contributed by atoms with Gasteiger partial charge in [-0.05, 0) is 25.0 Å². The number of nitrogens with two attached hydrogens (primary N) is 2. The fraction of sp³-hybridized carbons (Fsp3) is 0.455. The first-order chi connectivity index (χ1) is 7.68. The third kappa shape index (κ3) is 2.19. The molecule has 0 saturated carbocycles. The summed E-state index contributed by atoms with van der Waals surface area (Å²) in [7, 11) is 0. The highest BCUT2D eigenvalue weighted by Gasteiger charge is 2.16. The lowest BCUT2D eigenvalue weighted by Crippen LogP contribution is -2.28. The molecule has 1 aliphatic heterocycles. The van der Waals surface area contributed by atoms with Crippen LogP contribution in [0, 0.1) is 5.82 Å². The van der Waals surface area contributed by atoms with Crippen molar-refractivity contribution in [3.8, 4) is 0 Å². The summed E-state index contributed by atoms with van der Waals surface area (Å²) in [5.41, 5.74) is 11.7. The zero-order chi connectivity index (χ0) is 11.5. The number of nitrogens with one attached hydrogen (secondary N) is 1. The standard InChI is InChI=1S/C11H16FN3O/c12-10-9(2-1-8(13)11(10)14)15-7-3-5-16-6-4-7/h1-2,7,15H,3-6,13-14H2. The zero-order valence-corrected chi connectivity index (χ0v) is 9.00. The molecule has 0 spiro atoms. The highest BCUT2D eigenvalue weighted by atomic mass is 19.1. The van der Waals surface area contributed by atoms with Gasteiger partial charge < -0.3 is 21.5 Å². The SMILES string of the molecule is Nc1ccc(NC2CCOCC2)c(F)c1N. The van der Waals surface area contributed by atoms with Crippen LogP contribution in [-0.2, 0) is 4.74 Å². The first-order valence-corrected chi connectivity index (χ1v) is 5.36. The lowest BCUT2D eigenvalue weighted by atomic mass is 10.1. The molecule has 16 heavy (non-hydrogen) atoms. The van der Waals surface area contributed by atoms with Crippen LogP contribution >= 0.6 is 0 Å². The van der Waals surface area contributed by atoms with Gasteiger partial charge >= 0.3 is 0 Å². The average Bonchev–Trinajstić information content (AvgIpc) is 2.31. The second-order valence-electron chi connectivity index (χ2n) is 3.96. The first-order valence-electron chi connectivity index (χ1n) is 5.36. The summed E-state index contributed by atoms with van der Waals surface area (Å²) in [6, 6.07) is 3.47. The van der Waals surface area contributed by atoms with Gasteiger partial charge in [-0.2, -0.15) is 0 Å². The van der Waals surface area contributed by atoms with E-state index in [4.69, 9.17) is 16.2 Å². The number of hydrogen-bond acceptors (Lipinski definition) is 4. The summed E-state index contributed by atoms with van der Waals surface area (Å²) in [5, 5.41) is 3.13. The third-order valence-corrected chi connectivity index (χ3v) is 2.79. The molecule has 0 radical (unpaired) electrons. The van der Waals surface area contributed by atoms with E-state index in [9.17, 15) is 4.39 Å². The summed E-state index contributed by atoms with van der Waals surface area (Å²) in [6.07, 6.45) is 1.76. The molecule has 0 bridgehead atoms. The predicted molar refractivity (Wildman–Crippen MR) is 62.7 cm³/mol. The van der Waals surface area contributed by atoms with E-state index in [1.165, 1.54) is 0 Å². The van der Waals surface area contributed by atoms with Crippen molar-refractivity contribution in [1.29, 1.82) is 0 Å². The maximum atomic E-state index is 13.7. The number of rotatable bonds is 2. The van der Waals surface area contributed by atoms with Crippen LogP contribution in [0.1, 0.15) is 12.8 Å². The first kappa shape index (κ1) is 11.0. The second kappa shape index (κ2) is 4.57. The number of ether oxygens (including phenoxy) is 1. The van der Waals surface area contributed by atoms with Gasteiger partial charge in [-0.15, -0.1) is 0 Å². The Hall–Kier alpha value is -1.49. The van der Waals surface area contributed by atoms with E-state index >= 15 is 0 Å². The van der Waals surface area contributed by atoms with E-state index in [1.807, 2.05) is 0 Å². The summed E-state index contributed by atoms with van der Waals surface area (Å²) in [4.78, 5) is 0. The van der Waals surface area contributed by atoms with Gasteiger partial charge in [0, 0.05) is 19.3 Å². The third-order valence-electron chi connectivity index (χ3n) is 2.79. The zero-order valence-electron chi connectivity index (χ0n) is 9.00. The van der Waals surface area contributed by atoms with Crippen molar-refractivity contribution in [3.05, 3.63) is 17.9 Å². The number of nitrogen functional groups attached to an aromatic ring is 2. The molecular weight excluding hydrogens is 209 g/mol. The van der Waals surface area contributed by atoms with E-state index in [0.29, 0.717) is 18.9 Å². The number of halogens is 1. The van der Waals surface area contributed by atoms with Crippen LogP contribution in [0.5, 0.6) is 0 Å². The van der Waals surface area contributed by atoms with Crippen molar-refractivity contribution in [3.63, 3.8) is 0 Å². The van der Waals surface area contributed by atoms with E-state index in [-0.39, 0.29) is 17.4 Å². The molecule has 88 valence electrons. The van der Waals surface area contributed by atoms with Gasteiger partial charge in [-0.25, -0.2) is 4.39 Å². The molecule has 2 rings (SSSR count). The molecule has 4 nitrogen and oxygen atoms in total. The van der Waals surface area contributed by atoms with E-state index in [2.05, 4.69) is 5.32 Å². The Balaban J connectivity index is 2.11. The molecule has 0 unspecified atom stereocenters. The minimum Gasteiger partial charge on any atom is -0.397 e. The van der Waals surface area contributed by atoms with E-state index in [1.54, 1.807) is 12.1 Å². The monoisotopic (exact) mass is 225 g/mol. The van der Waals surface area contributed by atoms with E-state index < -0.39 is 5.82 Å². The molecule has 0 aromatic heterocycles. The van der Waals surface area contributed by atoms with Crippen LogP contribution in [0.25, 0.3) is 0 Å². The summed E-state index contributed by atoms with van der Waals surface area (Å²) in [5.74, 6) is -0.466. The Morgan fingerprint density at radius 2 is 1.94 bits per heavy atom.